The highest BCUT2D eigenvalue weighted by molar-refractivity contribution is 5.77. The molecular formula is C27H28FN5O2. The van der Waals surface area contributed by atoms with E-state index >= 15 is 0 Å². The Morgan fingerprint density at radius 1 is 1.00 bits per heavy atom. The molecule has 7 nitrogen and oxygen atoms in total. The van der Waals surface area contributed by atoms with E-state index in [0.29, 0.717) is 42.1 Å². The Kier molecular flexibility index (Phi) is 6.32. The zero-order valence-corrected chi connectivity index (χ0v) is 20.0. The summed E-state index contributed by atoms with van der Waals surface area (Å²) in [4.78, 5) is 17.3. The number of benzene rings is 2. The molecule has 4 aromatic rings. The van der Waals surface area contributed by atoms with Crippen molar-refractivity contribution in [3.63, 3.8) is 0 Å². The van der Waals surface area contributed by atoms with E-state index in [9.17, 15) is 4.39 Å². The van der Waals surface area contributed by atoms with Gasteiger partial charge in [0.2, 0.25) is 12.2 Å². The van der Waals surface area contributed by atoms with Crippen LogP contribution in [-0.4, -0.2) is 33.1 Å². The molecule has 0 saturated carbocycles. The van der Waals surface area contributed by atoms with Gasteiger partial charge in [-0.2, -0.15) is 0 Å². The normalized spacial score (nSPS) is 16.7. The first-order valence-corrected chi connectivity index (χ1v) is 11.6. The zero-order chi connectivity index (χ0) is 24.4. The van der Waals surface area contributed by atoms with Crippen molar-refractivity contribution in [3.05, 3.63) is 84.1 Å². The number of H-pyrrole nitrogens is 1. The van der Waals surface area contributed by atoms with E-state index in [1.807, 2.05) is 24.3 Å². The van der Waals surface area contributed by atoms with Crippen LogP contribution in [0, 0.1) is 11.2 Å². The summed E-state index contributed by atoms with van der Waals surface area (Å²) < 4.78 is 25.5. The summed E-state index contributed by atoms with van der Waals surface area (Å²) in [6.45, 7) is 7.35. The van der Waals surface area contributed by atoms with E-state index in [4.69, 9.17) is 19.4 Å². The zero-order valence-electron chi connectivity index (χ0n) is 20.0. The number of imidazole rings is 1. The molecule has 0 aliphatic carbocycles. The van der Waals surface area contributed by atoms with Crippen LogP contribution in [0.4, 0.5) is 10.3 Å². The van der Waals surface area contributed by atoms with Gasteiger partial charge in [-0.1, -0.05) is 44.2 Å². The van der Waals surface area contributed by atoms with Gasteiger partial charge in [-0.05, 0) is 42.8 Å². The van der Waals surface area contributed by atoms with E-state index in [1.165, 1.54) is 12.1 Å². The lowest BCUT2D eigenvalue weighted by Crippen LogP contribution is -2.34. The Bertz CT molecular complexity index is 1280. The molecule has 0 amide bonds. The second kappa shape index (κ2) is 9.56. The third kappa shape index (κ3) is 5.23. The number of aromatic amines is 1. The van der Waals surface area contributed by atoms with Crippen LogP contribution in [0.25, 0.3) is 22.6 Å². The number of anilines is 1. The van der Waals surface area contributed by atoms with Crippen molar-refractivity contribution in [1.82, 2.24) is 19.9 Å². The minimum absolute atomic E-state index is 0.0211. The van der Waals surface area contributed by atoms with Crippen LogP contribution >= 0.6 is 0 Å². The summed E-state index contributed by atoms with van der Waals surface area (Å²) >= 11 is 0. The van der Waals surface area contributed by atoms with Gasteiger partial charge in [-0.25, -0.2) is 19.3 Å². The van der Waals surface area contributed by atoms with Gasteiger partial charge in [0.25, 0.3) is 0 Å². The smallest absolute Gasteiger partial charge is 0.223 e. The predicted molar refractivity (Wildman–Crippen MR) is 132 cm³/mol. The predicted octanol–water partition coefficient (Wildman–Crippen LogP) is 5.92. The van der Waals surface area contributed by atoms with Crippen molar-refractivity contribution in [1.29, 1.82) is 0 Å². The first kappa shape index (κ1) is 23.1. The number of nitrogens with one attached hydrogen (secondary N) is 2. The summed E-state index contributed by atoms with van der Waals surface area (Å²) in [6, 6.07) is 18.2. The Morgan fingerprint density at radius 2 is 1.71 bits per heavy atom. The van der Waals surface area contributed by atoms with Crippen molar-refractivity contribution in [2.24, 2.45) is 5.41 Å². The number of rotatable bonds is 6. The SMILES string of the molecule is CC(Nc1nccc(-c2[nH]c(C3OCC(C)(C)CO3)nc2-c2ccc(F)cc2)n1)c1ccccc1. The molecular weight excluding hydrogens is 445 g/mol. The summed E-state index contributed by atoms with van der Waals surface area (Å²) in [7, 11) is 0. The number of hydrogen-bond acceptors (Lipinski definition) is 6. The van der Waals surface area contributed by atoms with Crippen LogP contribution in [-0.2, 0) is 9.47 Å². The fourth-order valence-electron chi connectivity index (χ4n) is 3.94. The third-order valence-corrected chi connectivity index (χ3v) is 5.87. The fourth-order valence-corrected chi connectivity index (χ4v) is 3.94. The minimum atomic E-state index is -0.617. The molecule has 1 saturated heterocycles. The van der Waals surface area contributed by atoms with Crippen molar-refractivity contribution in [2.75, 3.05) is 18.5 Å². The minimum Gasteiger partial charge on any atom is -0.348 e. The van der Waals surface area contributed by atoms with Crippen molar-refractivity contribution in [2.45, 2.75) is 33.1 Å². The molecule has 0 radical (unpaired) electrons. The van der Waals surface area contributed by atoms with E-state index < -0.39 is 6.29 Å². The molecule has 2 aromatic carbocycles. The molecule has 1 aliphatic rings. The molecule has 180 valence electrons. The highest BCUT2D eigenvalue weighted by atomic mass is 19.1. The Morgan fingerprint density at radius 3 is 2.43 bits per heavy atom. The molecule has 0 spiro atoms. The molecule has 35 heavy (non-hydrogen) atoms. The van der Waals surface area contributed by atoms with Gasteiger partial charge < -0.3 is 19.8 Å². The van der Waals surface area contributed by atoms with Gasteiger partial charge >= 0.3 is 0 Å². The average Bonchev–Trinajstić information content (AvgIpc) is 3.31. The lowest BCUT2D eigenvalue weighted by Gasteiger charge is -2.33. The number of aromatic nitrogens is 4. The van der Waals surface area contributed by atoms with Crippen LogP contribution < -0.4 is 5.32 Å². The van der Waals surface area contributed by atoms with E-state index in [2.05, 4.69) is 48.2 Å². The highest BCUT2D eigenvalue weighted by Crippen LogP contribution is 2.35. The van der Waals surface area contributed by atoms with Crippen LogP contribution in [0.2, 0.25) is 0 Å². The number of ether oxygens (including phenoxy) is 2. The van der Waals surface area contributed by atoms with Gasteiger partial charge in [0.15, 0.2) is 5.82 Å². The van der Waals surface area contributed by atoms with Gasteiger partial charge in [-0.3, -0.25) is 0 Å². The quantitative estimate of drug-likeness (QED) is 0.362. The second-order valence-corrected chi connectivity index (χ2v) is 9.51. The summed E-state index contributed by atoms with van der Waals surface area (Å²) in [5, 5.41) is 3.36. The molecule has 2 aromatic heterocycles. The largest absolute Gasteiger partial charge is 0.348 e. The summed E-state index contributed by atoms with van der Waals surface area (Å²) in [5.74, 6) is 0.725. The van der Waals surface area contributed by atoms with Gasteiger partial charge in [-0.15, -0.1) is 0 Å². The Hall–Kier alpha value is -3.62. The summed E-state index contributed by atoms with van der Waals surface area (Å²) in [5.41, 5.74) is 3.79. The lowest BCUT2D eigenvalue weighted by atomic mass is 9.96. The average molecular weight is 474 g/mol. The van der Waals surface area contributed by atoms with E-state index in [0.717, 1.165) is 11.1 Å². The first-order chi connectivity index (χ1) is 16.9. The van der Waals surface area contributed by atoms with Crippen molar-refractivity contribution in [3.8, 4) is 22.6 Å². The van der Waals surface area contributed by atoms with Gasteiger partial charge in [0.05, 0.1) is 36.3 Å². The van der Waals surface area contributed by atoms with Crippen molar-refractivity contribution < 1.29 is 13.9 Å². The van der Waals surface area contributed by atoms with Crippen molar-refractivity contribution >= 4 is 5.95 Å². The standard InChI is InChI=1S/C27H28FN5O2/c1-17(18-7-5-4-6-8-18)30-26-29-14-13-21(31-26)23-22(19-9-11-20(28)12-10-19)32-24(33-23)25-34-15-27(2,3)16-35-25/h4-14,17,25H,15-16H2,1-3H3,(H,32,33)(H,29,30,31). The first-order valence-electron chi connectivity index (χ1n) is 11.6. The maximum Gasteiger partial charge on any atom is 0.223 e. The molecule has 1 unspecified atom stereocenters. The molecule has 2 N–H and O–H groups in total. The van der Waals surface area contributed by atoms with Gasteiger partial charge in [0, 0.05) is 17.2 Å². The molecule has 0 bridgehead atoms. The number of hydrogen-bond donors (Lipinski definition) is 2. The molecule has 5 rings (SSSR count). The third-order valence-electron chi connectivity index (χ3n) is 5.87. The molecule has 1 atom stereocenters. The fraction of sp³-hybridized carbons (Fsp3) is 0.296. The Labute approximate surface area is 203 Å². The maximum atomic E-state index is 13.6. The monoisotopic (exact) mass is 473 g/mol. The van der Waals surface area contributed by atoms with Crippen LogP contribution in [0.5, 0.6) is 0 Å². The maximum absolute atomic E-state index is 13.6. The van der Waals surface area contributed by atoms with Crippen LogP contribution in [0.1, 0.15) is 44.5 Å². The number of halogens is 1. The molecule has 1 aliphatic heterocycles. The van der Waals surface area contributed by atoms with E-state index in [-0.39, 0.29) is 17.3 Å². The molecule has 8 heteroatoms. The van der Waals surface area contributed by atoms with Gasteiger partial charge in [0.1, 0.15) is 5.82 Å². The molecule has 3 heterocycles. The topological polar surface area (TPSA) is 85.0 Å². The number of nitrogens with zero attached hydrogens (tertiary/aromatic N) is 3. The second-order valence-electron chi connectivity index (χ2n) is 9.51. The Balaban J connectivity index is 1.49. The van der Waals surface area contributed by atoms with Crippen LogP contribution in [0.15, 0.2) is 66.9 Å². The summed E-state index contributed by atoms with van der Waals surface area (Å²) in [6.07, 6.45) is 1.08. The van der Waals surface area contributed by atoms with E-state index in [1.54, 1.807) is 18.3 Å². The lowest BCUT2D eigenvalue weighted by molar-refractivity contribution is -0.229. The van der Waals surface area contributed by atoms with Crippen LogP contribution in [0.3, 0.4) is 0 Å². The highest BCUT2D eigenvalue weighted by Gasteiger charge is 2.32. The molecule has 1 fully saturated rings.